The van der Waals surface area contributed by atoms with Gasteiger partial charge in [0.1, 0.15) is 6.61 Å². The molecule has 3 N–H and O–H groups in total. The molecule has 27 heavy (non-hydrogen) atoms. The standard InChI is InChI=1S/C19H26N4O4/c20-18(25)15-2-1-8-23(13-15)16-5-3-14(4-6-16)12-21-17(24)7-9-22-10-11-27-19(22)26/h3-6,15H,1-2,7-13H2,(H2,20,25)(H,21,24)/t15-/m1/s1. The third-order valence-electron chi connectivity index (χ3n) is 5.07. The number of rotatable bonds is 7. The Morgan fingerprint density at radius 3 is 2.67 bits per heavy atom. The van der Waals surface area contributed by atoms with E-state index in [9.17, 15) is 14.4 Å². The van der Waals surface area contributed by atoms with Gasteiger partial charge in [0.15, 0.2) is 0 Å². The van der Waals surface area contributed by atoms with E-state index in [2.05, 4.69) is 10.2 Å². The third kappa shape index (κ3) is 5.12. The molecule has 2 aliphatic heterocycles. The molecule has 0 aromatic heterocycles. The molecular formula is C19H26N4O4. The van der Waals surface area contributed by atoms with E-state index in [1.54, 1.807) is 0 Å². The van der Waals surface area contributed by atoms with Crippen LogP contribution in [0.5, 0.6) is 0 Å². The fourth-order valence-corrected chi connectivity index (χ4v) is 3.42. The lowest BCUT2D eigenvalue weighted by atomic mass is 9.97. The van der Waals surface area contributed by atoms with Gasteiger partial charge in [0.2, 0.25) is 11.8 Å². The fraction of sp³-hybridized carbons (Fsp3) is 0.526. The van der Waals surface area contributed by atoms with Crippen LogP contribution in [0.25, 0.3) is 0 Å². The summed E-state index contributed by atoms with van der Waals surface area (Å²) >= 11 is 0. The van der Waals surface area contributed by atoms with Gasteiger partial charge in [-0.2, -0.15) is 0 Å². The molecule has 2 fully saturated rings. The molecule has 0 saturated carbocycles. The van der Waals surface area contributed by atoms with Gasteiger partial charge in [0, 0.05) is 38.3 Å². The van der Waals surface area contributed by atoms with Crippen LogP contribution in [0.4, 0.5) is 10.5 Å². The average Bonchev–Trinajstić information content (AvgIpc) is 3.10. The monoisotopic (exact) mass is 374 g/mol. The van der Waals surface area contributed by atoms with Crippen molar-refractivity contribution in [2.24, 2.45) is 11.7 Å². The number of nitrogens with zero attached hydrogens (tertiary/aromatic N) is 2. The molecular weight excluding hydrogens is 348 g/mol. The van der Waals surface area contributed by atoms with Crippen LogP contribution in [0.15, 0.2) is 24.3 Å². The minimum atomic E-state index is -0.352. The highest BCUT2D eigenvalue weighted by Crippen LogP contribution is 2.23. The summed E-state index contributed by atoms with van der Waals surface area (Å²) in [5.74, 6) is -0.425. The first-order valence-electron chi connectivity index (χ1n) is 9.34. The van der Waals surface area contributed by atoms with Gasteiger partial charge in [-0.3, -0.25) is 9.59 Å². The summed E-state index contributed by atoms with van der Waals surface area (Å²) in [5, 5.41) is 2.87. The minimum Gasteiger partial charge on any atom is -0.448 e. The molecule has 0 spiro atoms. The van der Waals surface area contributed by atoms with E-state index in [0.717, 1.165) is 30.6 Å². The number of cyclic esters (lactones) is 1. The zero-order chi connectivity index (χ0) is 19.2. The Morgan fingerprint density at radius 2 is 2.00 bits per heavy atom. The molecule has 0 bridgehead atoms. The summed E-state index contributed by atoms with van der Waals surface area (Å²) in [6.45, 7) is 3.32. The normalized spacial score (nSPS) is 19.7. The van der Waals surface area contributed by atoms with Crippen LogP contribution in [0, 0.1) is 5.92 Å². The van der Waals surface area contributed by atoms with Crippen molar-refractivity contribution in [3.63, 3.8) is 0 Å². The maximum Gasteiger partial charge on any atom is 0.409 e. The van der Waals surface area contributed by atoms with Crippen LogP contribution >= 0.6 is 0 Å². The highest BCUT2D eigenvalue weighted by Gasteiger charge is 2.24. The number of carbonyl (C=O) groups excluding carboxylic acids is 3. The molecule has 8 nitrogen and oxygen atoms in total. The Bertz CT molecular complexity index is 691. The smallest absolute Gasteiger partial charge is 0.409 e. The molecule has 2 heterocycles. The lowest BCUT2D eigenvalue weighted by Crippen LogP contribution is -2.41. The number of ether oxygens (including phenoxy) is 1. The predicted octanol–water partition coefficient (Wildman–Crippen LogP) is 0.847. The number of anilines is 1. The van der Waals surface area contributed by atoms with E-state index in [0.29, 0.717) is 32.8 Å². The lowest BCUT2D eigenvalue weighted by Gasteiger charge is -2.33. The second-order valence-electron chi connectivity index (χ2n) is 6.98. The molecule has 0 radical (unpaired) electrons. The quantitative estimate of drug-likeness (QED) is 0.736. The molecule has 3 amide bonds. The highest BCUT2D eigenvalue weighted by molar-refractivity contribution is 5.78. The molecule has 1 atom stereocenters. The van der Waals surface area contributed by atoms with Gasteiger partial charge in [-0.15, -0.1) is 0 Å². The number of benzene rings is 1. The summed E-state index contributed by atoms with van der Waals surface area (Å²) in [6, 6.07) is 7.96. The van der Waals surface area contributed by atoms with Crippen LogP contribution in [-0.2, 0) is 20.9 Å². The average molecular weight is 374 g/mol. The van der Waals surface area contributed by atoms with Gasteiger partial charge in [-0.05, 0) is 30.5 Å². The number of primary amides is 1. The second-order valence-corrected chi connectivity index (χ2v) is 6.98. The van der Waals surface area contributed by atoms with Crippen molar-refractivity contribution < 1.29 is 19.1 Å². The van der Waals surface area contributed by atoms with Crippen molar-refractivity contribution in [2.75, 3.05) is 37.7 Å². The summed E-state index contributed by atoms with van der Waals surface area (Å²) in [6.07, 6.45) is 1.71. The largest absolute Gasteiger partial charge is 0.448 e. The van der Waals surface area contributed by atoms with Crippen molar-refractivity contribution in [1.29, 1.82) is 0 Å². The van der Waals surface area contributed by atoms with Gasteiger partial charge in [0.25, 0.3) is 0 Å². The van der Waals surface area contributed by atoms with Crippen molar-refractivity contribution in [2.45, 2.75) is 25.8 Å². The summed E-state index contributed by atoms with van der Waals surface area (Å²) in [7, 11) is 0. The lowest BCUT2D eigenvalue weighted by molar-refractivity contribution is -0.122. The molecule has 0 unspecified atom stereocenters. The Labute approximate surface area is 158 Å². The molecule has 2 aliphatic rings. The number of hydrogen-bond acceptors (Lipinski definition) is 5. The third-order valence-corrected chi connectivity index (χ3v) is 5.07. The molecule has 1 aromatic carbocycles. The number of nitrogens with one attached hydrogen (secondary N) is 1. The van der Waals surface area contributed by atoms with Crippen molar-refractivity contribution in [3.05, 3.63) is 29.8 Å². The van der Waals surface area contributed by atoms with E-state index in [-0.39, 0.29) is 30.2 Å². The van der Waals surface area contributed by atoms with Gasteiger partial charge in [-0.1, -0.05) is 12.1 Å². The zero-order valence-electron chi connectivity index (χ0n) is 15.4. The SMILES string of the molecule is NC(=O)[C@@H]1CCCN(c2ccc(CNC(=O)CCN3CCOC3=O)cc2)C1. The first-order chi connectivity index (χ1) is 13.0. The van der Waals surface area contributed by atoms with Crippen LogP contribution in [0.2, 0.25) is 0 Å². The predicted molar refractivity (Wildman–Crippen MR) is 100.0 cm³/mol. The first kappa shape index (κ1) is 19.0. The van der Waals surface area contributed by atoms with Gasteiger partial charge >= 0.3 is 6.09 Å². The Kier molecular flexibility index (Phi) is 6.16. The maximum atomic E-state index is 12.0. The van der Waals surface area contributed by atoms with E-state index in [4.69, 9.17) is 10.5 Å². The van der Waals surface area contributed by atoms with Crippen LogP contribution in [0.3, 0.4) is 0 Å². The highest BCUT2D eigenvalue weighted by atomic mass is 16.6. The summed E-state index contributed by atoms with van der Waals surface area (Å²) < 4.78 is 4.83. The first-order valence-corrected chi connectivity index (χ1v) is 9.34. The van der Waals surface area contributed by atoms with E-state index in [1.165, 1.54) is 4.90 Å². The molecule has 8 heteroatoms. The molecule has 146 valence electrons. The van der Waals surface area contributed by atoms with Crippen molar-refractivity contribution in [1.82, 2.24) is 10.2 Å². The number of piperidine rings is 1. The van der Waals surface area contributed by atoms with Crippen molar-refractivity contribution in [3.8, 4) is 0 Å². The summed E-state index contributed by atoms with van der Waals surface area (Å²) in [4.78, 5) is 38.4. The molecule has 0 aliphatic carbocycles. The number of nitrogens with two attached hydrogens (primary N) is 1. The Morgan fingerprint density at radius 1 is 1.22 bits per heavy atom. The molecule has 1 aromatic rings. The van der Waals surface area contributed by atoms with Gasteiger partial charge < -0.3 is 25.6 Å². The van der Waals surface area contributed by atoms with E-state index >= 15 is 0 Å². The van der Waals surface area contributed by atoms with Gasteiger partial charge in [0.05, 0.1) is 12.5 Å². The second kappa shape index (κ2) is 8.75. The molecule has 2 saturated heterocycles. The number of amides is 3. The van der Waals surface area contributed by atoms with Crippen LogP contribution in [-0.4, -0.2) is 55.6 Å². The summed E-state index contributed by atoms with van der Waals surface area (Å²) in [5.41, 5.74) is 7.49. The minimum absolute atomic E-state index is 0.0920. The molecule has 3 rings (SSSR count). The van der Waals surface area contributed by atoms with E-state index < -0.39 is 0 Å². The Balaban J connectivity index is 1.44. The van der Waals surface area contributed by atoms with Gasteiger partial charge in [-0.25, -0.2) is 4.79 Å². The van der Waals surface area contributed by atoms with Crippen LogP contribution < -0.4 is 16.0 Å². The van der Waals surface area contributed by atoms with Crippen LogP contribution in [0.1, 0.15) is 24.8 Å². The Hall–Kier alpha value is -2.77. The number of carbonyl (C=O) groups is 3. The number of hydrogen-bond donors (Lipinski definition) is 2. The fourth-order valence-electron chi connectivity index (χ4n) is 3.42. The van der Waals surface area contributed by atoms with E-state index in [1.807, 2.05) is 24.3 Å². The topological polar surface area (TPSA) is 105 Å². The maximum absolute atomic E-state index is 12.0. The zero-order valence-corrected chi connectivity index (χ0v) is 15.4. The van der Waals surface area contributed by atoms with Crippen molar-refractivity contribution >= 4 is 23.6 Å².